The molecule has 3 heterocycles. The van der Waals surface area contributed by atoms with E-state index in [0.717, 1.165) is 0 Å². The number of carbonyl (C=O) groups is 2. The average Bonchev–Trinajstić information content (AvgIpc) is 3.17. The molecule has 3 rings (SSSR count). The van der Waals surface area contributed by atoms with E-state index < -0.39 is 0 Å². The minimum atomic E-state index is -0.196. The van der Waals surface area contributed by atoms with Crippen molar-refractivity contribution < 1.29 is 14.0 Å². The van der Waals surface area contributed by atoms with Gasteiger partial charge in [-0.25, -0.2) is 0 Å². The summed E-state index contributed by atoms with van der Waals surface area (Å²) in [6, 6.07) is -0.0715. The molecule has 2 N–H and O–H groups in total. The summed E-state index contributed by atoms with van der Waals surface area (Å²) in [4.78, 5) is 25.9. The normalized spacial score (nSPS) is 27.2. The Kier molecular flexibility index (Phi) is 4.84. The summed E-state index contributed by atoms with van der Waals surface area (Å²) in [6.45, 7) is 7.09. The predicted molar refractivity (Wildman–Crippen MR) is 86.2 cm³/mol. The van der Waals surface area contributed by atoms with Gasteiger partial charge in [0.05, 0.1) is 6.04 Å². The number of piperazine rings is 1. The second-order valence-corrected chi connectivity index (χ2v) is 6.86. The summed E-state index contributed by atoms with van der Waals surface area (Å²) in [5.74, 6) is 1.49. The molecule has 24 heavy (non-hydrogen) atoms. The van der Waals surface area contributed by atoms with E-state index in [4.69, 9.17) is 4.42 Å². The molecule has 132 valence electrons. The number of nitrogens with zero attached hydrogens (tertiary/aromatic N) is 3. The summed E-state index contributed by atoms with van der Waals surface area (Å²) >= 11 is 0. The van der Waals surface area contributed by atoms with Gasteiger partial charge < -0.3 is 15.1 Å². The lowest BCUT2D eigenvalue weighted by Gasteiger charge is -2.36. The number of hydrogen-bond acceptors (Lipinski definition) is 6. The fourth-order valence-electron chi connectivity index (χ4n) is 3.38. The highest BCUT2D eigenvalue weighted by Gasteiger charge is 2.44. The molecule has 8 nitrogen and oxygen atoms in total. The van der Waals surface area contributed by atoms with Gasteiger partial charge in [-0.05, 0) is 6.42 Å². The molecule has 2 aliphatic heterocycles. The van der Waals surface area contributed by atoms with Gasteiger partial charge in [0.2, 0.25) is 23.6 Å². The maximum Gasteiger partial charge on any atom is 0.237 e. The third-order valence-electron chi connectivity index (χ3n) is 4.70. The third kappa shape index (κ3) is 3.43. The Morgan fingerprint density at radius 1 is 1.46 bits per heavy atom. The standard InChI is InChI=1S/C16H25N5O3/c1-4-13(22)18-10-5-12-15(23)17-7-11(21(12)8-10)6-14-19-20-16(24-14)9(2)3/h9-12H,4-8H2,1-3H3,(H,17,23)(H,18,22)/t10-,11+,12-/m0/s1. The Bertz CT molecular complexity index is 615. The zero-order valence-corrected chi connectivity index (χ0v) is 14.4. The van der Waals surface area contributed by atoms with Gasteiger partial charge in [-0.15, -0.1) is 10.2 Å². The van der Waals surface area contributed by atoms with Crippen molar-refractivity contribution >= 4 is 11.8 Å². The average molecular weight is 335 g/mol. The molecule has 1 aromatic heterocycles. The summed E-state index contributed by atoms with van der Waals surface area (Å²) in [7, 11) is 0. The molecule has 0 saturated carbocycles. The first-order valence-electron chi connectivity index (χ1n) is 8.63. The van der Waals surface area contributed by atoms with Gasteiger partial charge in [0, 0.05) is 43.9 Å². The second-order valence-electron chi connectivity index (χ2n) is 6.86. The molecule has 0 radical (unpaired) electrons. The van der Waals surface area contributed by atoms with Crippen molar-refractivity contribution in [2.75, 3.05) is 13.1 Å². The molecule has 2 saturated heterocycles. The number of aromatic nitrogens is 2. The highest BCUT2D eigenvalue weighted by molar-refractivity contribution is 5.83. The van der Waals surface area contributed by atoms with Crippen LogP contribution in [-0.4, -0.2) is 58.1 Å². The predicted octanol–water partition coefficient (Wildman–Crippen LogP) is 0.203. The number of amides is 2. The van der Waals surface area contributed by atoms with Crippen LogP contribution in [0.25, 0.3) is 0 Å². The Balaban J connectivity index is 1.67. The fraction of sp³-hybridized carbons (Fsp3) is 0.750. The number of rotatable bonds is 5. The van der Waals surface area contributed by atoms with Crippen LogP contribution in [0.15, 0.2) is 4.42 Å². The Hall–Kier alpha value is -1.96. The van der Waals surface area contributed by atoms with Crippen LogP contribution >= 0.6 is 0 Å². The molecule has 1 aromatic rings. The molecule has 2 amide bonds. The Morgan fingerprint density at radius 2 is 2.25 bits per heavy atom. The first-order chi connectivity index (χ1) is 11.5. The van der Waals surface area contributed by atoms with Crippen molar-refractivity contribution in [3.05, 3.63) is 11.8 Å². The van der Waals surface area contributed by atoms with Crippen LogP contribution in [0.5, 0.6) is 0 Å². The van der Waals surface area contributed by atoms with Crippen molar-refractivity contribution in [3.8, 4) is 0 Å². The molecular formula is C16H25N5O3. The molecule has 2 fully saturated rings. The van der Waals surface area contributed by atoms with E-state index >= 15 is 0 Å². The van der Waals surface area contributed by atoms with E-state index in [1.165, 1.54) is 0 Å². The second kappa shape index (κ2) is 6.88. The van der Waals surface area contributed by atoms with Gasteiger partial charge in [-0.3, -0.25) is 14.5 Å². The molecular weight excluding hydrogens is 310 g/mol. The quantitative estimate of drug-likeness (QED) is 0.797. The SMILES string of the molecule is CCC(=O)N[C@H]1C[C@H]2C(=O)NC[C@@H](Cc3nnc(C(C)C)o3)N2C1. The third-order valence-corrected chi connectivity index (χ3v) is 4.70. The molecule has 0 bridgehead atoms. The highest BCUT2D eigenvalue weighted by atomic mass is 16.4. The van der Waals surface area contributed by atoms with Gasteiger partial charge in [-0.1, -0.05) is 20.8 Å². The van der Waals surface area contributed by atoms with Gasteiger partial charge in [0.1, 0.15) is 0 Å². The first-order valence-corrected chi connectivity index (χ1v) is 8.63. The molecule has 0 unspecified atom stereocenters. The number of hydrogen-bond donors (Lipinski definition) is 2. The Morgan fingerprint density at radius 3 is 2.92 bits per heavy atom. The zero-order valence-electron chi connectivity index (χ0n) is 14.4. The fourth-order valence-corrected chi connectivity index (χ4v) is 3.38. The molecule has 0 spiro atoms. The molecule has 0 aromatic carbocycles. The molecule has 2 aliphatic rings. The highest BCUT2D eigenvalue weighted by Crippen LogP contribution is 2.26. The van der Waals surface area contributed by atoms with Gasteiger partial charge in [0.25, 0.3) is 0 Å². The van der Waals surface area contributed by atoms with Crippen molar-refractivity contribution in [2.45, 2.75) is 64.1 Å². The van der Waals surface area contributed by atoms with Crippen molar-refractivity contribution in [2.24, 2.45) is 0 Å². The van der Waals surface area contributed by atoms with Crippen molar-refractivity contribution in [3.63, 3.8) is 0 Å². The van der Waals surface area contributed by atoms with Crippen LogP contribution in [0.1, 0.15) is 51.3 Å². The summed E-state index contributed by atoms with van der Waals surface area (Å²) in [5, 5.41) is 14.1. The van der Waals surface area contributed by atoms with Crippen LogP contribution in [0.2, 0.25) is 0 Å². The largest absolute Gasteiger partial charge is 0.425 e. The minimum Gasteiger partial charge on any atom is -0.425 e. The van der Waals surface area contributed by atoms with Gasteiger partial charge in [0.15, 0.2) is 0 Å². The first kappa shape index (κ1) is 16.9. The van der Waals surface area contributed by atoms with Crippen LogP contribution in [0, 0.1) is 0 Å². The van der Waals surface area contributed by atoms with Crippen LogP contribution in [0.3, 0.4) is 0 Å². The summed E-state index contributed by atoms with van der Waals surface area (Å²) < 4.78 is 5.70. The Labute approximate surface area is 141 Å². The number of nitrogens with one attached hydrogen (secondary N) is 2. The summed E-state index contributed by atoms with van der Waals surface area (Å²) in [6.07, 6.45) is 1.71. The molecule has 3 atom stereocenters. The lowest BCUT2D eigenvalue weighted by atomic mass is 10.1. The van der Waals surface area contributed by atoms with E-state index in [2.05, 4.69) is 25.7 Å². The van der Waals surface area contributed by atoms with Crippen LogP contribution in [-0.2, 0) is 16.0 Å². The van der Waals surface area contributed by atoms with E-state index in [0.29, 0.717) is 44.1 Å². The molecule has 8 heteroatoms. The van der Waals surface area contributed by atoms with Crippen LogP contribution < -0.4 is 10.6 Å². The smallest absolute Gasteiger partial charge is 0.237 e. The monoisotopic (exact) mass is 335 g/mol. The topological polar surface area (TPSA) is 100 Å². The summed E-state index contributed by atoms with van der Waals surface area (Å²) in [5.41, 5.74) is 0. The van der Waals surface area contributed by atoms with E-state index in [9.17, 15) is 9.59 Å². The lowest BCUT2D eigenvalue weighted by Crippen LogP contribution is -2.58. The van der Waals surface area contributed by atoms with Crippen LogP contribution in [0.4, 0.5) is 0 Å². The maximum absolute atomic E-state index is 12.2. The van der Waals surface area contributed by atoms with Crippen molar-refractivity contribution in [1.82, 2.24) is 25.7 Å². The van der Waals surface area contributed by atoms with Crippen molar-refractivity contribution in [1.29, 1.82) is 0 Å². The molecule has 0 aliphatic carbocycles. The van der Waals surface area contributed by atoms with E-state index in [1.54, 1.807) is 0 Å². The lowest BCUT2D eigenvalue weighted by molar-refractivity contribution is -0.129. The minimum absolute atomic E-state index is 0.0164. The van der Waals surface area contributed by atoms with E-state index in [-0.39, 0.29) is 35.9 Å². The maximum atomic E-state index is 12.2. The van der Waals surface area contributed by atoms with Gasteiger partial charge in [-0.2, -0.15) is 0 Å². The number of carbonyl (C=O) groups excluding carboxylic acids is 2. The van der Waals surface area contributed by atoms with Gasteiger partial charge >= 0.3 is 0 Å². The zero-order chi connectivity index (χ0) is 17.3. The number of fused-ring (bicyclic) bond motifs is 1. The van der Waals surface area contributed by atoms with E-state index in [1.807, 2.05) is 20.8 Å².